The molecule has 6 heteroatoms. The molecule has 3 amide bonds. The Kier molecular flexibility index (Phi) is 4.05. The van der Waals surface area contributed by atoms with Crippen LogP contribution in [0.2, 0.25) is 0 Å². The number of imide groups is 1. The normalized spacial score (nSPS) is 29.5. The first-order chi connectivity index (χ1) is 14.5. The minimum absolute atomic E-state index is 0.112. The molecule has 6 nitrogen and oxygen atoms in total. The van der Waals surface area contributed by atoms with Crippen LogP contribution in [0.25, 0.3) is 0 Å². The van der Waals surface area contributed by atoms with Gasteiger partial charge in [-0.2, -0.15) is 0 Å². The van der Waals surface area contributed by atoms with Crippen molar-refractivity contribution in [3.8, 4) is 12.3 Å². The monoisotopic (exact) mass is 399 g/mol. The van der Waals surface area contributed by atoms with Gasteiger partial charge in [-0.05, 0) is 18.6 Å². The van der Waals surface area contributed by atoms with Crippen LogP contribution in [0.15, 0.2) is 54.6 Å². The molecule has 2 aromatic carbocycles. The SMILES string of the molecule is C#CCN1C(=O)[C@]2(N[C@H](C)[C@@H]3C(=O)N(Cc4ccccc4)C(=O)[C@@H]32)c2ccccc21. The second-order valence-electron chi connectivity index (χ2n) is 8.11. The van der Waals surface area contributed by atoms with Crippen molar-refractivity contribution in [2.45, 2.75) is 25.0 Å². The van der Waals surface area contributed by atoms with E-state index < -0.39 is 17.4 Å². The second-order valence-corrected chi connectivity index (χ2v) is 8.11. The summed E-state index contributed by atoms with van der Waals surface area (Å²) < 4.78 is 0. The summed E-state index contributed by atoms with van der Waals surface area (Å²) in [6, 6.07) is 16.5. The van der Waals surface area contributed by atoms with Gasteiger partial charge in [0.25, 0.3) is 5.91 Å². The smallest absolute Gasteiger partial charge is 0.253 e. The summed E-state index contributed by atoms with van der Waals surface area (Å²) in [5, 5.41) is 3.34. The number of para-hydroxylation sites is 1. The molecule has 0 bridgehead atoms. The summed E-state index contributed by atoms with van der Waals surface area (Å²) in [6.07, 6.45) is 5.51. The quantitative estimate of drug-likeness (QED) is 0.630. The molecular formula is C24H21N3O3. The highest BCUT2D eigenvalue weighted by atomic mass is 16.2. The fourth-order valence-electron chi connectivity index (χ4n) is 5.34. The molecule has 1 N–H and O–H groups in total. The molecular weight excluding hydrogens is 378 g/mol. The molecule has 0 saturated carbocycles. The minimum Gasteiger partial charge on any atom is -0.298 e. The van der Waals surface area contributed by atoms with Gasteiger partial charge in [0.2, 0.25) is 11.8 Å². The Morgan fingerprint density at radius 2 is 1.70 bits per heavy atom. The Bertz CT molecular complexity index is 1110. The third-order valence-corrected chi connectivity index (χ3v) is 6.54. The van der Waals surface area contributed by atoms with Gasteiger partial charge in [-0.25, -0.2) is 0 Å². The van der Waals surface area contributed by atoms with Crippen LogP contribution in [0.3, 0.4) is 0 Å². The summed E-state index contributed by atoms with van der Waals surface area (Å²) in [4.78, 5) is 43.4. The summed E-state index contributed by atoms with van der Waals surface area (Å²) >= 11 is 0. The highest BCUT2D eigenvalue weighted by Gasteiger charge is 2.70. The van der Waals surface area contributed by atoms with Crippen molar-refractivity contribution in [3.63, 3.8) is 0 Å². The number of rotatable bonds is 3. The maximum absolute atomic E-state index is 13.7. The molecule has 1 spiro atoms. The third kappa shape index (κ3) is 2.27. The fourth-order valence-corrected chi connectivity index (χ4v) is 5.34. The zero-order valence-corrected chi connectivity index (χ0v) is 16.5. The molecule has 2 fully saturated rings. The van der Waals surface area contributed by atoms with E-state index in [9.17, 15) is 14.4 Å². The van der Waals surface area contributed by atoms with E-state index in [-0.39, 0.29) is 36.9 Å². The lowest BCUT2D eigenvalue weighted by Gasteiger charge is -2.30. The second kappa shape index (κ2) is 6.54. The molecule has 3 heterocycles. The largest absolute Gasteiger partial charge is 0.298 e. The van der Waals surface area contributed by atoms with Crippen molar-refractivity contribution >= 4 is 23.4 Å². The Labute approximate surface area is 174 Å². The molecule has 150 valence electrons. The lowest BCUT2D eigenvalue weighted by Crippen LogP contribution is -2.54. The average Bonchev–Trinajstić information content (AvgIpc) is 3.29. The zero-order chi connectivity index (χ0) is 21.0. The first-order valence-electron chi connectivity index (χ1n) is 10.0. The van der Waals surface area contributed by atoms with Gasteiger partial charge in [-0.3, -0.25) is 29.5 Å². The van der Waals surface area contributed by atoms with Gasteiger partial charge in [-0.1, -0.05) is 54.5 Å². The summed E-state index contributed by atoms with van der Waals surface area (Å²) in [5.74, 6) is 0.350. The number of benzene rings is 2. The number of nitrogens with one attached hydrogen (secondary N) is 1. The van der Waals surface area contributed by atoms with E-state index in [2.05, 4.69) is 11.2 Å². The van der Waals surface area contributed by atoms with Crippen molar-refractivity contribution < 1.29 is 14.4 Å². The number of likely N-dealkylation sites (tertiary alicyclic amines) is 1. The number of amides is 3. The highest BCUT2D eigenvalue weighted by molar-refractivity contribution is 6.16. The Morgan fingerprint density at radius 1 is 1.00 bits per heavy atom. The number of carbonyl (C=O) groups excluding carboxylic acids is 3. The lowest BCUT2D eigenvalue weighted by molar-refractivity contribution is -0.143. The standard InChI is InChI=1S/C24H21N3O3/c1-3-13-26-18-12-8-7-11-17(18)24(23(26)30)20-19(15(2)25-24)21(28)27(22(20)29)14-16-9-5-4-6-10-16/h1,4-12,15,19-20,25H,13-14H2,2H3/t15-,19+,20-,24+/m1/s1. The predicted octanol–water partition coefficient (Wildman–Crippen LogP) is 1.65. The van der Waals surface area contributed by atoms with Gasteiger partial charge in [0, 0.05) is 11.6 Å². The van der Waals surface area contributed by atoms with Crippen LogP contribution in [0.4, 0.5) is 5.69 Å². The van der Waals surface area contributed by atoms with Crippen molar-refractivity contribution in [1.82, 2.24) is 10.2 Å². The lowest BCUT2D eigenvalue weighted by atomic mass is 9.76. The van der Waals surface area contributed by atoms with Crippen LogP contribution >= 0.6 is 0 Å². The molecule has 4 atom stereocenters. The molecule has 5 rings (SSSR count). The molecule has 30 heavy (non-hydrogen) atoms. The number of hydrogen-bond donors (Lipinski definition) is 1. The van der Waals surface area contributed by atoms with Crippen LogP contribution in [0.5, 0.6) is 0 Å². The Balaban J connectivity index is 1.61. The maximum atomic E-state index is 13.7. The van der Waals surface area contributed by atoms with Gasteiger partial charge in [0.1, 0.15) is 5.54 Å². The molecule has 3 aliphatic heterocycles. The van der Waals surface area contributed by atoms with E-state index in [1.54, 1.807) is 0 Å². The number of nitrogens with zero attached hydrogens (tertiary/aromatic N) is 2. The molecule has 2 aromatic rings. The topological polar surface area (TPSA) is 69.7 Å². The summed E-state index contributed by atoms with van der Waals surface area (Å²) in [5.41, 5.74) is 1.02. The molecule has 3 aliphatic rings. The van der Waals surface area contributed by atoms with Crippen molar-refractivity contribution in [3.05, 3.63) is 65.7 Å². The van der Waals surface area contributed by atoms with Crippen LogP contribution in [-0.2, 0) is 26.5 Å². The Morgan fingerprint density at radius 3 is 2.43 bits per heavy atom. The van der Waals surface area contributed by atoms with Crippen LogP contribution in [0.1, 0.15) is 18.1 Å². The van der Waals surface area contributed by atoms with E-state index in [4.69, 9.17) is 6.42 Å². The van der Waals surface area contributed by atoms with Gasteiger partial charge >= 0.3 is 0 Å². The van der Waals surface area contributed by atoms with E-state index in [1.807, 2.05) is 61.5 Å². The zero-order valence-electron chi connectivity index (χ0n) is 16.5. The minimum atomic E-state index is -1.27. The first-order valence-corrected chi connectivity index (χ1v) is 10.0. The van der Waals surface area contributed by atoms with Gasteiger partial charge in [0.05, 0.1) is 30.6 Å². The number of hydrogen-bond acceptors (Lipinski definition) is 4. The third-order valence-electron chi connectivity index (χ3n) is 6.54. The molecule has 0 radical (unpaired) electrons. The number of carbonyl (C=O) groups is 3. The highest BCUT2D eigenvalue weighted by Crippen LogP contribution is 2.54. The predicted molar refractivity (Wildman–Crippen MR) is 111 cm³/mol. The van der Waals surface area contributed by atoms with Crippen LogP contribution in [-0.4, -0.2) is 35.2 Å². The molecule has 0 aliphatic carbocycles. The van der Waals surface area contributed by atoms with Crippen molar-refractivity contribution in [2.24, 2.45) is 11.8 Å². The van der Waals surface area contributed by atoms with E-state index in [0.717, 1.165) is 5.56 Å². The Hall–Kier alpha value is -3.43. The van der Waals surface area contributed by atoms with Gasteiger partial charge in [0.15, 0.2) is 0 Å². The number of fused-ring (bicyclic) bond motifs is 4. The summed E-state index contributed by atoms with van der Waals surface area (Å²) in [7, 11) is 0. The first kappa shape index (κ1) is 18.6. The number of anilines is 1. The summed E-state index contributed by atoms with van der Waals surface area (Å²) in [6.45, 7) is 2.18. The molecule has 0 aromatic heterocycles. The van der Waals surface area contributed by atoms with Crippen LogP contribution < -0.4 is 10.2 Å². The van der Waals surface area contributed by atoms with Crippen molar-refractivity contribution in [1.29, 1.82) is 0 Å². The van der Waals surface area contributed by atoms with E-state index in [0.29, 0.717) is 11.3 Å². The molecule has 2 saturated heterocycles. The van der Waals surface area contributed by atoms with Gasteiger partial charge < -0.3 is 0 Å². The fraction of sp³-hybridized carbons (Fsp3) is 0.292. The van der Waals surface area contributed by atoms with E-state index >= 15 is 0 Å². The van der Waals surface area contributed by atoms with Gasteiger partial charge in [-0.15, -0.1) is 6.42 Å². The molecule has 0 unspecified atom stereocenters. The average molecular weight is 399 g/mol. The van der Waals surface area contributed by atoms with E-state index in [1.165, 1.54) is 9.80 Å². The maximum Gasteiger partial charge on any atom is 0.253 e. The van der Waals surface area contributed by atoms with Crippen molar-refractivity contribution in [2.75, 3.05) is 11.4 Å². The van der Waals surface area contributed by atoms with Crippen LogP contribution in [0, 0.1) is 24.2 Å². The number of terminal acetylenes is 1.